The molecule has 1 aromatic heterocycles. The molecule has 1 saturated heterocycles. The summed E-state index contributed by atoms with van der Waals surface area (Å²) < 4.78 is 5.20. The molecule has 0 bridgehead atoms. The van der Waals surface area contributed by atoms with Crippen molar-refractivity contribution in [3.8, 4) is 21.0 Å². The second kappa shape index (κ2) is 8.47. The van der Waals surface area contributed by atoms with Crippen LogP contribution in [-0.2, 0) is 16.1 Å². The first-order valence-corrected chi connectivity index (χ1v) is 10.8. The van der Waals surface area contributed by atoms with Crippen LogP contribution < -0.4 is 0 Å². The Kier molecular flexibility index (Phi) is 5.79. The minimum atomic E-state index is -0.197. The molecular formula is C24H26N2O2S. The third-order valence-corrected chi connectivity index (χ3v) is 6.33. The summed E-state index contributed by atoms with van der Waals surface area (Å²) in [4.78, 5) is 19.1. The zero-order valence-electron chi connectivity index (χ0n) is 17.1. The van der Waals surface area contributed by atoms with Gasteiger partial charge in [0.2, 0.25) is 0 Å². The summed E-state index contributed by atoms with van der Waals surface area (Å²) in [5.41, 5.74) is 4.98. The average molecular weight is 407 g/mol. The number of likely N-dealkylation sites (tertiary alicyclic amines) is 1. The standard InChI is InChI=1S/C24H26N2O2S/c1-16(2)19-8-10-20(11-9-19)23-12-25-24(29-23)21-6-4-18(5-7-21)13-26-14-22(15-26)28-17(3)27/h4-12,16,22H,13-15H2,1-3H3. The van der Waals surface area contributed by atoms with Gasteiger partial charge in [-0.05, 0) is 22.6 Å². The molecule has 3 aromatic rings. The van der Waals surface area contributed by atoms with E-state index in [1.807, 2.05) is 6.20 Å². The molecule has 0 radical (unpaired) electrons. The quantitative estimate of drug-likeness (QED) is 0.518. The van der Waals surface area contributed by atoms with Gasteiger partial charge in [-0.1, -0.05) is 62.4 Å². The molecule has 0 atom stereocenters. The van der Waals surface area contributed by atoms with Crippen LogP contribution in [0, 0.1) is 0 Å². The van der Waals surface area contributed by atoms with Crippen molar-refractivity contribution in [2.75, 3.05) is 13.1 Å². The summed E-state index contributed by atoms with van der Waals surface area (Å²) >= 11 is 1.72. The van der Waals surface area contributed by atoms with Gasteiger partial charge in [-0.15, -0.1) is 11.3 Å². The Hall–Kier alpha value is -2.50. The number of rotatable bonds is 6. The lowest BCUT2D eigenvalue weighted by atomic mass is 10.0. The minimum Gasteiger partial charge on any atom is -0.460 e. The van der Waals surface area contributed by atoms with Gasteiger partial charge in [-0.3, -0.25) is 9.69 Å². The highest BCUT2D eigenvalue weighted by atomic mass is 32.1. The lowest BCUT2D eigenvalue weighted by Gasteiger charge is -2.38. The van der Waals surface area contributed by atoms with Gasteiger partial charge in [0, 0.05) is 38.3 Å². The first-order valence-electron chi connectivity index (χ1n) is 10.0. The molecule has 0 spiro atoms. The van der Waals surface area contributed by atoms with Crippen LogP contribution in [0.5, 0.6) is 0 Å². The van der Waals surface area contributed by atoms with E-state index in [0.717, 1.165) is 30.2 Å². The number of carbonyl (C=O) groups is 1. The van der Waals surface area contributed by atoms with Crippen LogP contribution in [0.4, 0.5) is 0 Å². The van der Waals surface area contributed by atoms with Crippen LogP contribution in [0.2, 0.25) is 0 Å². The van der Waals surface area contributed by atoms with E-state index in [2.05, 4.69) is 72.3 Å². The normalized spacial score (nSPS) is 14.8. The predicted octanol–water partition coefficient (Wildman–Crippen LogP) is 5.35. The first kappa shape index (κ1) is 19.8. The molecule has 0 N–H and O–H groups in total. The smallest absolute Gasteiger partial charge is 0.302 e. The maximum atomic E-state index is 11.0. The molecule has 4 nitrogen and oxygen atoms in total. The fraction of sp³-hybridized carbons (Fsp3) is 0.333. The molecule has 2 heterocycles. The van der Waals surface area contributed by atoms with Crippen molar-refractivity contribution in [3.63, 3.8) is 0 Å². The molecule has 0 amide bonds. The number of esters is 1. The van der Waals surface area contributed by atoms with Crippen molar-refractivity contribution in [1.82, 2.24) is 9.88 Å². The highest BCUT2D eigenvalue weighted by Crippen LogP contribution is 2.33. The zero-order chi connectivity index (χ0) is 20.4. The third kappa shape index (κ3) is 4.74. The van der Waals surface area contributed by atoms with Crippen LogP contribution >= 0.6 is 11.3 Å². The van der Waals surface area contributed by atoms with Crippen LogP contribution in [0.15, 0.2) is 54.7 Å². The van der Waals surface area contributed by atoms with E-state index in [0.29, 0.717) is 5.92 Å². The predicted molar refractivity (Wildman–Crippen MR) is 118 cm³/mol. The third-order valence-electron chi connectivity index (χ3n) is 5.23. The Bertz CT molecular complexity index is 971. The molecule has 0 saturated carbocycles. The summed E-state index contributed by atoms with van der Waals surface area (Å²) in [6.45, 7) is 8.39. The number of aromatic nitrogens is 1. The van der Waals surface area contributed by atoms with Crippen LogP contribution in [-0.4, -0.2) is 35.0 Å². The number of hydrogen-bond acceptors (Lipinski definition) is 5. The van der Waals surface area contributed by atoms with Crippen molar-refractivity contribution < 1.29 is 9.53 Å². The topological polar surface area (TPSA) is 42.4 Å². The Morgan fingerprint density at radius 2 is 1.76 bits per heavy atom. The van der Waals surface area contributed by atoms with Crippen molar-refractivity contribution in [2.24, 2.45) is 0 Å². The maximum absolute atomic E-state index is 11.0. The number of hydrogen-bond donors (Lipinski definition) is 0. The number of nitrogens with zero attached hydrogens (tertiary/aromatic N) is 2. The van der Waals surface area contributed by atoms with Crippen molar-refractivity contribution in [3.05, 3.63) is 65.9 Å². The molecule has 0 aliphatic carbocycles. The Balaban J connectivity index is 1.38. The molecule has 4 rings (SSSR count). The SMILES string of the molecule is CC(=O)OC1CN(Cc2ccc(-c3ncc(-c4ccc(C(C)C)cc4)s3)cc2)C1. The van der Waals surface area contributed by atoms with Gasteiger partial charge in [-0.25, -0.2) is 4.98 Å². The summed E-state index contributed by atoms with van der Waals surface area (Å²) in [5.74, 6) is 0.348. The summed E-state index contributed by atoms with van der Waals surface area (Å²) in [6.07, 6.45) is 2.02. The van der Waals surface area contributed by atoms with Crippen molar-refractivity contribution in [1.29, 1.82) is 0 Å². The highest BCUT2D eigenvalue weighted by molar-refractivity contribution is 7.18. The van der Waals surface area contributed by atoms with Crippen LogP contribution in [0.3, 0.4) is 0 Å². The Labute approximate surface area is 176 Å². The lowest BCUT2D eigenvalue weighted by Crippen LogP contribution is -2.51. The molecule has 150 valence electrons. The second-order valence-corrected chi connectivity index (χ2v) is 8.96. The van der Waals surface area contributed by atoms with Gasteiger partial charge in [0.25, 0.3) is 0 Å². The lowest BCUT2D eigenvalue weighted by molar-refractivity contribution is -0.155. The molecule has 2 aromatic carbocycles. The van der Waals surface area contributed by atoms with Crippen molar-refractivity contribution >= 4 is 17.3 Å². The number of carbonyl (C=O) groups excluding carboxylic acids is 1. The second-order valence-electron chi connectivity index (χ2n) is 7.93. The van der Waals surface area contributed by atoms with E-state index in [1.54, 1.807) is 11.3 Å². The Morgan fingerprint density at radius 3 is 2.38 bits per heavy atom. The van der Waals surface area contributed by atoms with E-state index in [9.17, 15) is 4.79 Å². The highest BCUT2D eigenvalue weighted by Gasteiger charge is 2.28. The molecule has 0 unspecified atom stereocenters. The molecular weight excluding hydrogens is 380 g/mol. The van der Waals surface area contributed by atoms with Crippen LogP contribution in [0.25, 0.3) is 21.0 Å². The van der Waals surface area contributed by atoms with Gasteiger partial charge < -0.3 is 4.74 Å². The largest absolute Gasteiger partial charge is 0.460 e. The molecule has 29 heavy (non-hydrogen) atoms. The maximum Gasteiger partial charge on any atom is 0.302 e. The molecule has 5 heteroatoms. The number of ether oxygens (including phenoxy) is 1. The minimum absolute atomic E-state index is 0.0510. The van der Waals surface area contributed by atoms with E-state index in [1.165, 1.54) is 28.5 Å². The Morgan fingerprint density at radius 1 is 1.10 bits per heavy atom. The average Bonchev–Trinajstić information content (AvgIpc) is 3.17. The fourth-order valence-corrected chi connectivity index (χ4v) is 4.47. The molecule has 1 aliphatic rings. The van der Waals surface area contributed by atoms with E-state index in [4.69, 9.17) is 4.74 Å². The zero-order valence-corrected chi connectivity index (χ0v) is 17.9. The van der Waals surface area contributed by atoms with E-state index >= 15 is 0 Å². The van der Waals surface area contributed by atoms with Crippen LogP contribution in [0.1, 0.15) is 37.8 Å². The molecule has 1 aliphatic heterocycles. The van der Waals surface area contributed by atoms with Gasteiger partial charge in [0.15, 0.2) is 0 Å². The summed E-state index contributed by atoms with van der Waals surface area (Å²) in [6, 6.07) is 17.4. The first-order chi connectivity index (χ1) is 14.0. The van der Waals surface area contributed by atoms with E-state index in [-0.39, 0.29) is 12.1 Å². The van der Waals surface area contributed by atoms with Gasteiger partial charge in [0.1, 0.15) is 11.1 Å². The molecule has 1 fully saturated rings. The summed E-state index contributed by atoms with van der Waals surface area (Å²) in [7, 11) is 0. The van der Waals surface area contributed by atoms with Crippen molar-refractivity contribution in [2.45, 2.75) is 39.3 Å². The monoisotopic (exact) mass is 406 g/mol. The van der Waals surface area contributed by atoms with Gasteiger partial charge in [-0.2, -0.15) is 0 Å². The number of benzene rings is 2. The van der Waals surface area contributed by atoms with E-state index < -0.39 is 0 Å². The van der Waals surface area contributed by atoms with Gasteiger partial charge >= 0.3 is 5.97 Å². The summed E-state index contributed by atoms with van der Waals surface area (Å²) in [5, 5.41) is 1.04. The fourth-order valence-electron chi connectivity index (χ4n) is 3.55. The van der Waals surface area contributed by atoms with Gasteiger partial charge in [0.05, 0.1) is 4.88 Å². The number of thiazole rings is 1.